The predicted molar refractivity (Wildman–Crippen MR) is 160 cm³/mol. The van der Waals surface area contributed by atoms with Crippen molar-refractivity contribution in [1.82, 2.24) is 4.90 Å². The minimum atomic E-state index is -0.694. The summed E-state index contributed by atoms with van der Waals surface area (Å²) in [6.07, 6.45) is 6.49. The number of rotatable bonds is 13. The maximum atomic E-state index is 13.7. The van der Waals surface area contributed by atoms with Crippen LogP contribution in [0.4, 0.5) is 17.1 Å². The van der Waals surface area contributed by atoms with Gasteiger partial charge in [0.15, 0.2) is 5.11 Å². The molecule has 2 aromatic rings. The smallest absolute Gasteiger partial charge is 0.256 e. The number of amides is 2. The number of hydrogen-bond acceptors (Lipinski definition) is 6. The van der Waals surface area contributed by atoms with E-state index in [1.165, 1.54) is 12.8 Å². The quantitative estimate of drug-likeness (QED) is 0.270. The molecule has 0 radical (unpaired) electrons. The Balaban J connectivity index is 1.41. The molecule has 0 spiro atoms. The second-order valence-electron chi connectivity index (χ2n) is 10.4. The van der Waals surface area contributed by atoms with Crippen LogP contribution in [0, 0.1) is 0 Å². The van der Waals surface area contributed by atoms with Crippen molar-refractivity contribution in [3.63, 3.8) is 0 Å². The molecular weight excluding hydrogens is 512 g/mol. The Morgan fingerprint density at radius 2 is 1.85 bits per heavy atom. The molecule has 2 amide bonds. The van der Waals surface area contributed by atoms with Gasteiger partial charge in [-0.15, -0.1) is 0 Å². The lowest BCUT2D eigenvalue weighted by Crippen LogP contribution is -2.42. The van der Waals surface area contributed by atoms with Gasteiger partial charge in [-0.25, -0.2) is 0 Å². The van der Waals surface area contributed by atoms with Crippen LogP contribution >= 0.6 is 12.2 Å². The molecule has 0 bridgehead atoms. The lowest BCUT2D eigenvalue weighted by Gasteiger charge is -2.26. The Kier molecular flexibility index (Phi) is 10.2. The molecule has 2 fully saturated rings. The summed E-state index contributed by atoms with van der Waals surface area (Å²) in [6.45, 7) is 4.06. The summed E-state index contributed by atoms with van der Waals surface area (Å²) in [4.78, 5) is 32.2. The Labute approximate surface area is 237 Å². The van der Waals surface area contributed by atoms with Crippen LogP contribution in [-0.2, 0) is 14.3 Å². The molecule has 0 saturated carbocycles. The zero-order valence-corrected chi connectivity index (χ0v) is 24.0. The van der Waals surface area contributed by atoms with Gasteiger partial charge in [0.1, 0.15) is 11.8 Å². The molecule has 210 valence electrons. The Morgan fingerprint density at radius 1 is 1.10 bits per heavy atom. The molecule has 2 aliphatic rings. The van der Waals surface area contributed by atoms with E-state index in [9.17, 15) is 9.59 Å². The van der Waals surface area contributed by atoms with Gasteiger partial charge >= 0.3 is 0 Å². The summed E-state index contributed by atoms with van der Waals surface area (Å²) in [6, 6.07) is 14.3. The normalized spacial score (nSPS) is 19.1. The average molecular weight is 553 g/mol. The van der Waals surface area contributed by atoms with Gasteiger partial charge < -0.3 is 24.6 Å². The number of benzene rings is 2. The molecule has 2 atom stereocenters. The third-order valence-electron chi connectivity index (χ3n) is 7.15. The van der Waals surface area contributed by atoms with Crippen LogP contribution in [0.5, 0.6) is 5.75 Å². The van der Waals surface area contributed by atoms with Crippen molar-refractivity contribution < 1.29 is 19.1 Å². The topological polar surface area (TPSA) is 74.4 Å². The first-order valence-electron chi connectivity index (χ1n) is 13.9. The number of thiocarbonyl (C=S) groups is 1. The minimum Gasteiger partial charge on any atom is -0.494 e. The van der Waals surface area contributed by atoms with E-state index in [1.54, 1.807) is 4.90 Å². The molecule has 0 unspecified atom stereocenters. The maximum Gasteiger partial charge on any atom is 0.256 e. The van der Waals surface area contributed by atoms with Crippen molar-refractivity contribution in [1.29, 1.82) is 0 Å². The number of nitrogens with zero attached hydrogens (tertiary/aromatic N) is 3. The van der Waals surface area contributed by atoms with Gasteiger partial charge in [0.25, 0.3) is 5.91 Å². The van der Waals surface area contributed by atoms with Crippen molar-refractivity contribution >= 4 is 46.2 Å². The standard InChI is InChI=1S/C30H40N4O4S/c1-4-5-6-7-18-37-25-16-10-22(11-17-25)31-28(35)20-27-29(36)34(24-14-12-23(13-15-24)32(2)3)30(39)33(27)21-26-9-8-19-38-26/h10-17,26-27H,4-9,18-21H2,1-3H3,(H,31,35)/t26-,27+/m0/s1. The lowest BCUT2D eigenvalue weighted by molar-refractivity contribution is -0.124. The number of ether oxygens (including phenoxy) is 2. The molecule has 1 N–H and O–H groups in total. The van der Waals surface area contributed by atoms with E-state index in [0.717, 1.165) is 37.1 Å². The summed E-state index contributed by atoms with van der Waals surface area (Å²) >= 11 is 5.79. The minimum absolute atomic E-state index is 0.00629. The fourth-order valence-corrected chi connectivity index (χ4v) is 5.32. The van der Waals surface area contributed by atoms with Crippen LogP contribution in [0.25, 0.3) is 0 Å². The molecule has 2 aliphatic heterocycles. The van der Waals surface area contributed by atoms with E-state index in [0.29, 0.717) is 36.2 Å². The van der Waals surface area contributed by atoms with Crippen LogP contribution in [0.2, 0.25) is 0 Å². The zero-order valence-electron chi connectivity index (χ0n) is 23.2. The fourth-order valence-electron chi connectivity index (χ4n) is 4.93. The highest BCUT2D eigenvalue weighted by Crippen LogP contribution is 2.30. The molecule has 39 heavy (non-hydrogen) atoms. The maximum absolute atomic E-state index is 13.7. The van der Waals surface area contributed by atoms with Gasteiger partial charge in [-0.2, -0.15) is 0 Å². The highest BCUT2D eigenvalue weighted by molar-refractivity contribution is 7.80. The van der Waals surface area contributed by atoms with Gasteiger partial charge in [-0.1, -0.05) is 26.2 Å². The largest absolute Gasteiger partial charge is 0.494 e. The van der Waals surface area contributed by atoms with Crippen molar-refractivity contribution in [2.45, 2.75) is 64.0 Å². The van der Waals surface area contributed by atoms with Crippen LogP contribution < -0.4 is 19.9 Å². The Bertz CT molecular complexity index is 1120. The van der Waals surface area contributed by atoms with E-state index in [-0.39, 0.29) is 24.3 Å². The fraction of sp³-hybridized carbons (Fsp3) is 0.500. The van der Waals surface area contributed by atoms with Crippen LogP contribution in [0.15, 0.2) is 48.5 Å². The Hall–Kier alpha value is -3.17. The molecule has 0 aromatic heterocycles. The monoisotopic (exact) mass is 552 g/mol. The SMILES string of the molecule is CCCCCCOc1ccc(NC(=O)C[C@@H]2C(=O)N(c3ccc(N(C)C)cc3)C(=S)N2C[C@@H]2CCCO2)cc1. The first-order chi connectivity index (χ1) is 18.9. The number of hydrogen-bond donors (Lipinski definition) is 1. The third-order valence-corrected chi connectivity index (χ3v) is 7.57. The van der Waals surface area contributed by atoms with Crippen molar-refractivity contribution in [2.24, 2.45) is 0 Å². The number of carbonyl (C=O) groups is 2. The van der Waals surface area contributed by atoms with Gasteiger partial charge in [-0.05, 0) is 80.0 Å². The number of carbonyl (C=O) groups excluding carboxylic acids is 2. The summed E-state index contributed by atoms with van der Waals surface area (Å²) in [5, 5.41) is 3.34. The van der Waals surface area contributed by atoms with E-state index in [1.807, 2.05) is 72.4 Å². The second-order valence-corrected chi connectivity index (χ2v) is 10.7. The van der Waals surface area contributed by atoms with Crippen LogP contribution in [-0.4, -0.2) is 67.8 Å². The van der Waals surface area contributed by atoms with Gasteiger partial charge in [0, 0.05) is 38.6 Å². The summed E-state index contributed by atoms with van der Waals surface area (Å²) in [5.74, 6) is 0.337. The summed E-state index contributed by atoms with van der Waals surface area (Å²) in [7, 11) is 3.93. The average Bonchev–Trinajstić information content (AvgIpc) is 3.52. The van der Waals surface area contributed by atoms with Crippen molar-refractivity contribution in [3.05, 3.63) is 48.5 Å². The molecule has 4 rings (SSSR count). The molecule has 9 heteroatoms. The van der Waals surface area contributed by atoms with E-state index in [2.05, 4.69) is 12.2 Å². The number of nitrogens with one attached hydrogen (secondary N) is 1. The lowest BCUT2D eigenvalue weighted by atomic mass is 10.1. The van der Waals surface area contributed by atoms with Gasteiger partial charge in [0.2, 0.25) is 5.91 Å². The molecule has 2 heterocycles. The number of unbranched alkanes of at least 4 members (excludes halogenated alkanes) is 3. The summed E-state index contributed by atoms with van der Waals surface area (Å²) in [5.41, 5.74) is 2.38. The summed E-state index contributed by atoms with van der Waals surface area (Å²) < 4.78 is 11.6. The predicted octanol–water partition coefficient (Wildman–Crippen LogP) is 5.22. The van der Waals surface area contributed by atoms with Crippen LogP contribution in [0.1, 0.15) is 51.9 Å². The van der Waals surface area contributed by atoms with Gasteiger partial charge in [0.05, 0.1) is 24.8 Å². The number of anilines is 3. The van der Waals surface area contributed by atoms with Crippen molar-refractivity contribution in [3.8, 4) is 5.75 Å². The highest BCUT2D eigenvalue weighted by atomic mass is 32.1. The Morgan fingerprint density at radius 3 is 2.49 bits per heavy atom. The van der Waals surface area contributed by atoms with E-state index < -0.39 is 6.04 Å². The van der Waals surface area contributed by atoms with E-state index in [4.69, 9.17) is 21.7 Å². The molecule has 2 saturated heterocycles. The third kappa shape index (κ3) is 7.48. The van der Waals surface area contributed by atoms with Crippen molar-refractivity contribution in [2.75, 3.05) is 49.0 Å². The molecule has 2 aromatic carbocycles. The van der Waals surface area contributed by atoms with Crippen LogP contribution in [0.3, 0.4) is 0 Å². The highest BCUT2D eigenvalue weighted by Gasteiger charge is 2.45. The van der Waals surface area contributed by atoms with Gasteiger partial charge in [-0.3, -0.25) is 14.5 Å². The zero-order chi connectivity index (χ0) is 27.8. The molecule has 8 nitrogen and oxygen atoms in total. The molecular formula is C30H40N4O4S. The second kappa shape index (κ2) is 13.8. The first-order valence-corrected chi connectivity index (χ1v) is 14.3. The molecule has 0 aliphatic carbocycles. The van der Waals surface area contributed by atoms with E-state index >= 15 is 0 Å². The first kappa shape index (κ1) is 28.8.